The fourth-order valence-electron chi connectivity index (χ4n) is 3.28. The number of carbonyl (C=O) groups excluding carboxylic acids is 2. The van der Waals surface area contributed by atoms with Gasteiger partial charge in [-0.25, -0.2) is 0 Å². The highest BCUT2D eigenvalue weighted by Gasteiger charge is 2.43. The molecule has 2 amide bonds. The van der Waals surface area contributed by atoms with Crippen molar-refractivity contribution in [3.05, 3.63) is 18.2 Å². The minimum absolute atomic E-state index is 0.231. The second kappa shape index (κ2) is 7.92. The van der Waals surface area contributed by atoms with E-state index in [2.05, 4.69) is 10.6 Å². The van der Waals surface area contributed by atoms with Gasteiger partial charge in [0.25, 0.3) is 0 Å². The number of anilines is 1. The minimum Gasteiger partial charge on any atom is -0.493 e. The molecule has 1 aliphatic heterocycles. The Hall–Kier alpha value is -2.32. The second-order valence-corrected chi connectivity index (χ2v) is 6.40. The van der Waals surface area contributed by atoms with Crippen LogP contribution in [0, 0.1) is 0 Å². The Balaban J connectivity index is 1.48. The van der Waals surface area contributed by atoms with Crippen molar-refractivity contribution < 1.29 is 28.5 Å². The van der Waals surface area contributed by atoms with Crippen LogP contribution in [-0.2, 0) is 19.1 Å². The van der Waals surface area contributed by atoms with E-state index in [9.17, 15) is 9.59 Å². The lowest BCUT2D eigenvalue weighted by molar-refractivity contribution is -0.161. The third-order valence-corrected chi connectivity index (χ3v) is 4.62. The van der Waals surface area contributed by atoms with E-state index < -0.39 is 17.6 Å². The fourth-order valence-corrected chi connectivity index (χ4v) is 3.28. The summed E-state index contributed by atoms with van der Waals surface area (Å²) in [4.78, 5) is 24.1. The van der Waals surface area contributed by atoms with Gasteiger partial charge in [-0.3, -0.25) is 9.59 Å². The highest BCUT2D eigenvalue weighted by Crippen LogP contribution is 2.39. The molecule has 26 heavy (non-hydrogen) atoms. The molecule has 1 unspecified atom stereocenters. The molecule has 8 heteroatoms. The predicted octanol–water partition coefficient (Wildman–Crippen LogP) is 1.44. The van der Waals surface area contributed by atoms with Gasteiger partial charge >= 0.3 is 11.8 Å². The Labute approximate surface area is 152 Å². The molecule has 142 valence electrons. The standard InChI is InChI=1S/C18H24N2O6/c1-23-14-6-5-12(9-15(14)24-2)20-17(22)16(21)19-10-13-11-25-18(26-13)7-3-4-8-18/h5-6,9,13H,3-4,7-8,10-11H2,1-2H3,(H,19,21)(H,20,22). The zero-order chi connectivity index (χ0) is 18.6. The largest absolute Gasteiger partial charge is 0.493 e. The highest BCUT2D eigenvalue weighted by atomic mass is 16.7. The summed E-state index contributed by atoms with van der Waals surface area (Å²) < 4.78 is 22.0. The van der Waals surface area contributed by atoms with Gasteiger partial charge in [0.2, 0.25) is 0 Å². The molecule has 2 aliphatic rings. The van der Waals surface area contributed by atoms with Crippen LogP contribution in [0.4, 0.5) is 5.69 Å². The van der Waals surface area contributed by atoms with Gasteiger partial charge < -0.3 is 29.6 Å². The van der Waals surface area contributed by atoms with Crippen molar-refractivity contribution in [1.82, 2.24) is 5.32 Å². The van der Waals surface area contributed by atoms with E-state index in [1.807, 2.05) is 0 Å². The minimum atomic E-state index is -0.758. The maximum atomic E-state index is 12.1. The zero-order valence-corrected chi connectivity index (χ0v) is 15.0. The number of ether oxygens (including phenoxy) is 4. The lowest BCUT2D eigenvalue weighted by atomic mass is 10.2. The van der Waals surface area contributed by atoms with Crippen molar-refractivity contribution in [2.45, 2.75) is 37.6 Å². The molecule has 8 nitrogen and oxygen atoms in total. The van der Waals surface area contributed by atoms with E-state index in [0.29, 0.717) is 23.8 Å². The van der Waals surface area contributed by atoms with Crippen LogP contribution >= 0.6 is 0 Å². The molecule has 1 saturated heterocycles. The Morgan fingerprint density at radius 3 is 2.58 bits per heavy atom. The lowest BCUT2D eigenvalue weighted by Crippen LogP contribution is -2.40. The van der Waals surface area contributed by atoms with Gasteiger partial charge in [-0.2, -0.15) is 0 Å². The topological polar surface area (TPSA) is 95.1 Å². The average Bonchev–Trinajstić information content (AvgIpc) is 3.29. The third kappa shape index (κ3) is 4.08. The van der Waals surface area contributed by atoms with E-state index in [0.717, 1.165) is 25.7 Å². The maximum absolute atomic E-state index is 12.1. The van der Waals surface area contributed by atoms with E-state index in [4.69, 9.17) is 18.9 Å². The lowest BCUT2D eigenvalue weighted by Gasteiger charge is -2.21. The summed E-state index contributed by atoms with van der Waals surface area (Å²) in [6.07, 6.45) is 3.72. The third-order valence-electron chi connectivity index (χ3n) is 4.62. The molecule has 0 aromatic heterocycles. The van der Waals surface area contributed by atoms with Crippen molar-refractivity contribution in [3.63, 3.8) is 0 Å². The number of carbonyl (C=O) groups is 2. The first kappa shape index (κ1) is 18.5. The van der Waals surface area contributed by atoms with Gasteiger partial charge in [0.05, 0.1) is 20.8 Å². The van der Waals surface area contributed by atoms with Crippen LogP contribution < -0.4 is 20.1 Å². The highest BCUT2D eigenvalue weighted by molar-refractivity contribution is 6.39. The first-order valence-electron chi connectivity index (χ1n) is 8.68. The van der Waals surface area contributed by atoms with Crippen LogP contribution in [0.2, 0.25) is 0 Å². The molecule has 1 spiro atoms. The van der Waals surface area contributed by atoms with Crippen LogP contribution in [0.5, 0.6) is 11.5 Å². The molecular formula is C18H24N2O6. The molecule has 2 N–H and O–H groups in total. The Bertz CT molecular complexity index is 672. The summed E-state index contributed by atoms with van der Waals surface area (Å²) in [5.74, 6) is -0.960. The maximum Gasteiger partial charge on any atom is 0.313 e. The van der Waals surface area contributed by atoms with E-state index in [-0.39, 0.29) is 12.6 Å². The van der Waals surface area contributed by atoms with Crippen LogP contribution in [-0.4, -0.2) is 51.1 Å². The summed E-state index contributed by atoms with van der Waals surface area (Å²) in [6, 6.07) is 4.86. The number of benzene rings is 1. The molecule has 1 saturated carbocycles. The molecule has 1 aliphatic carbocycles. The average molecular weight is 364 g/mol. The summed E-state index contributed by atoms with van der Waals surface area (Å²) in [7, 11) is 3.02. The molecule has 0 bridgehead atoms. The molecule has 3 rings (SSSR count). The Kier molecular flexibility index (Phi) is 5.63. The van der Waals surface area contributed by atoms with E-state index >= 15 is 0 Å². The van der Waals surface area contributed by atoms with Crippen LogP contribution in [0.25, 0.3) is 0 Å². The first-order chi connectivity index (χ1) is 12.5. The van der Waals surface area contributed by atoms with Crippen LogP contribution in [0.1, 0.15) is 25.7 Å². The number of nitrogens with one attached hydrogen (secondary N) is 2. The SMILES string of the molecule is COc1ccc(NC(=O)C(=O)NCC2COC3(CCCC3)O2)cc1OC. The quantitative estimate of drug-likeness (QED) is 0.768. The van der Waals surface area contributed by atoms with Crippen LogP contribution in [0.15, 0.2) is 18.2 Å². The first-order valence-corrected chi connectivity index (χ1v) is 8.68. The predicted molar refractivity (Wildman–Crippen MR) is 93.2 cm³/mol. The zero-order valence-electron chi connectivity index (χ0n) is 15.0. The number of hydrogen-bond donors (Lipinski definition) is 2. The van der Waals surface area contributed by atoms with E-state index in [1.54, 1.807) is 18.2 Å². The number of amides is 2. The van der Waals surface area contributed by atoms with Crippen molar-refractivity contribution >= 4 is 17.5 Å². The van der Waals surface area contributed by atoms with Gasteiger partial charge in [0, 0.05) is 31.1 Å². The van der Waals surface area contributed by atoms with Crippen molar-refractivity contribution in [2.24, 2.45) is 0 Å². The Morgan fingerprint density at radius 1 is 1.15 bits per heavy atom. The van der Waals surface area contributed by atoms with Gasteiger partial charge in [0.15, 0.2) is 17.3 Å². The summed E-state index contributed by atoms with van der Waals surface area (Å²) in [5, 5.41) is 5.12. The molecule has 2 fully saturated rings. The monoisotopic (exact) mass is 364 g/mol. The van der Waals surface area contributed by atoms with Gasteiger partial charge in [-0.15, -0.1) is 0 Å². The van der Waals surface area contributed by atoms with Crippen molar-refractivity contribution in [2.75, 3.05) is 32.7 Å². The fraction of sp³-hybridized carbons (Fsp3) is 0.556. The van der Waals surface area contributed by atoms with Gasteiger partial charge in [0.1, 0.15) is 6.10 Å². The Morgan fingerprint density at radius 2 is 1.88 bits per heavy atom. The molecule has 0 radical (unpaired) electrons. The molecule has 1 atom stereocenters. The summed E-state index contributed by atoms with van der Waals surface area (Å²) in [6.45, 7) is 0.664. The van der Waals surface area contributed by atoms with Gasteiger partial charge in [-0.1, -0.05) is 0 Å². The van der Waals surface area contributed by atoms with E-state index in [1.165, 1.54) is 14.2 Å². The van der Waals surface area contributed by atoms with Crippen molar-refractivity contribution in [3.8, 4) is 11.5 Å². The molecular weight excluding hydrogens is 340 g/mol. The molecule has 1 aromatic rings. The van der Waals surface area contributed by atoms with Gasteiger partial charge in [-0.05, 0) is 25.0 Å². The smallest absolute Gasteiger partial charge is 0.313 e. The number of rotatable bonds is 5. The van der Waals surface area contributed by atoms with Crippen LogP contribution in [0.3, 0.4) is 0 Å². The number of hydrogen-bond acceptors (Lipinski definition) is 6. The van der Waals surface area contributed by atoms with Crippen molar-refractivity contribution in [1.29, 1.82) is 0 Å². The summed E-state index contributed by atoms with van der Waals surface area (Å²) >= 11 is 0. The normalized spacial score (nSPS) is 20.8. The molecule has 1 heterocycles. The number of methoxy groups -OCH3 is 2. The summed E-state index contributed by atoms with van der Waals surface area (Å²) in [5.41, 5.74) is 0.438. The second-order valence-electron chi connectivity index (χ2n) is 6.40. The molecule has 1 aromatic carbocycles.